The third-order valence-electron chi connectivity index (χ3n) is 4.39. The number of carbonyl (C=O) groups is 1. The Hall–Kier alpha value is -2.69. The third-order valence-corrected chi connectivity index (χ3v) is 4.39. The van der Waals surface area contributed by atoms with Crippen LogP contribution in [0.2, 0.25) is 0 Å². The molecule has 5 heteroatoms. The van der Waals surface area contributed by atoms with Gasteiger partial charge in [-0.25, -0.2) is 0 Å². The number of benzene rings is 2. The lowest BCUT2D eigenvalue weighted by atomic mass is 10.1. The van der Waals surface area contributed by atoms with Crippen LogP contribution in [0, 0.1) is 0 Å². The van der Waals surface area contributed by atoms with E-state index in [0.29, 0.717) is 29.3 Å². The molecule has 3 N–H and O–H groups in total. The maximum absolute atomic E-state index is 12.5. The summed E-state index contributed by atoms with van der Waals surface area (Å²) in [5.74, 6) is 0.516. The van der Waals surface area contributed by atoms with Crippen molar-refractivity contribution < 1.29 is 9.53 Å². The lowest BCUT2D eigenvalue weighted by Crippen LogP contribution is -2.30. The minimum atomic E-state index is -0.174. The van der Waals surface area contributed by atoms with E-state index in [9.17, 15) is 4.79 Å². The van der Waals surface area contributed by atoms with E-state index < -0.39 is 0 Å². The van der Waals surface area contributed by atoms with Gasteiger partial charge in [0.15, 0.2) is 0 Å². The fourth-order valence-electron chi connectivity index (χ4n) is 3.15. The molecule has 25 heavy (non-hydrogen) atoms. The van der Waals surface area contributed by atoms with Gasteiger partial charge in [0.1, 0.15) is 5.75 Å². The van der Waals surface area contributed by atoms with Crippen molar-refractivity contribution in [2.75, 3.05) is 35.6 Å². The van der Waals surface area contributed by atoms with Gasteiger partial charge >= 0.3 is 0 Å². The summed E-state index contributed by atoms with van der Waals surface area (Å²) in [7, 11) is 0. The Labute approximate surface area is 148 Å². The van der Waals surface area contributed by atoms with Crippen LogP contribution in [0.25, 0.3) is 0 Å². The Morgan fingerprint density at radius 3 is 2.68 bits per heavy atom. The van der Waals surface area contributed by atoms with Gasteiger partial charge in [-0.3, -0.25) is 4.79 Å². The Morgan fingerprint density at radius 1 is 1.16 bits per heavy atom. The van der Waals surface area contributed by atoms with E-state index >= 15 is 0 Å². The summed E-state index contributed by atoms with van der Waals surface area (Å²) in [5.41, 5.74) is 9.23. The van der Waals surface area contributed by atoms with Gasteiger partial charge in [-0.2, -0.15) is 0 Å². The number of piperidine rings is 1. The summed E-state index contributed by atoms with van der Waals surface area (Å²) in [5, 5.41) is 2.91. The molecule has 0 bridgehead atoms. The number of rotatable bonds is 5. The highest BCUT2D eigenvalue weighted by atomic mass is 16.5. The lowest BCUT2D eigenvalue weighted by Gasteiger charge is -2.30. The van der Waals surface area contributed by atoms with Crippen LogP contribution in [0.3, 0.4) is 0 Å². The van der Waals surface area contributed by atoms with E-state index in [2.05, 4.69) is 10.2 Å². The Bertz CT molecular complexity index is 739. The van der Waals surface area contributed by atoms with Crippen molar-refractivity contribution in [1.82, 2.24) is 0 Å². The molecule has 0 atom stereocenters. The molecule has 0 spiro atoms. The molecule has 2 aromatic carbocycles. The van der Waals surface area contributed by atoms with Crippen LogP contribution in [-0.4, -0.2) is 25.6 Å². The van der Waals surface area contributed by atoms with Gasteiger partial charge in [-0.1, -0.05) is 6.07 Å². The first kappa shape index (κ1) is 17.1. The zero-order valence-corrected chi connectivity index (χ0v) is 14.6. The number of ether oxygens (including phenoxy) is 1. The lowest BCUT2D eigenvalue weighted by molar-refractivity contribution is 0.102. The second-order valence-corrected chi connectivity index (χ2v) is 6.24. The molecule has 1 fully saturated rings. The number of nitrogen functional groups attached to an aromatic ring is 1. The SMILES string of the molecule is CCOc1cccc(C(=O)Nc2ccc(N3CCCCC3)c(N)c2)c1. The van der Waals surface area contributed by atoms with Crippen LogP contribution >= 0.6 is 0 Å². The van der Waals surface area contributed by atoms with Crippen molar-refractivity contribution in [3.8, 4) is 5.75 Å². The highest BCUT2D eigenvalue weighted by molar-refractivity contribution is 6.04. The van der Waals surface area contributed by atoms with Gasteiger partial charge in [0.05, 0.1) is 18.0 Å². The first-order chi connectivity index (χ1) is 12.2. The number of amides is 1. The second-order valence-electron chi connectivity index (χ2n) is 6.24. The normalized spacial score (nSPS) is 14.2. The molecule has 1 aliphatic rings. The first-order valence-electron chi connectivity index (χ1n) is 8.86. The number of hydrogen-bond donors (Lipinski definition) is 2. The standard InChI is InChI=1S/C20H25N3O2/c1-2-25-17-8-6-7-15(13-17)20(24)22-16-9-10-19(18(21)14-16)23-11-4-3-5-12-23/h6-10,13-14H,2-5,11-12,21H2,1H3,(H,22,24). The van der Waals surface area contributed by atoms with Crippen LogP contribution in [0.5, 0.6) is 5.75 Å². The predicted molar refractivity (Wildman–Crippen MR) is 102 cm³/mol. The fourth-order valence-corrected chi connectivity index (χ4v) is 3.15. The van der Waals surface area contributed by atoms with Crippen LogP contribution in [0.4, 0.5) is 17.1 Å². The van der Waals surface area contributed by atoms with E-state index in [4.69, 9.17) is 10.5 Å². The molecule has 132 valence electrons. The number of carbonyl (C=O) groups excluding carboxylic acids is 1. The average Bonchev–Trinajstić information content (AvgIpc) is 2.63. The number of nitrogens with zero attached hydrogens (tertiary/aromatic N) is 1. The van der Waals surface area contributed by atoms with E-state index in [1.54, 1.807) is 12.1 Å². The predicted octanol–water partition coefficient (Wildman–Crippen LogP) is 3.91. The van der Waals surface area contributed by atoms with E-state index in [1.165, 1.54) is 19.3 Å². The van der Waals surface area contributed by atoms with E-state index in [0.717, 1.165) is 18.8 Å². The molecule has 5 nitrogen and oxygen atoms in total. The first-order valence-corrected chi connectivity index (χ1v) is 8.86. The van der Waals surface area contributed by atoms with Gasteiger partial charge in [-0.15, -0.1) is 0 Å². The Kier molecular flexibility index (Phi) is 5.43. The van der Waals surface area contributed by atoms with Crippen LogP contribution in [-0.2, 0) is 0 Å². The molecule has 2 aromatic rings. The summed E-state index contributed by atoms with van der Waals surface area (Å²) in [6.45, 7) is 4.57. The zero-order valence-electron chi connectivity index (χ0n) is 14.6. The molecule has 1 heterocycles. The highest BCUT2D eigenvalue weighted by Gasteiger charge is 2.14. The van der Waals surface area contributed by atoms with Gasteiger partial charge in [-0.05, 0) is 62.6 Å². The monoisotopic (exact) mass is 339 g/mol. The zero-order chi connectivity index (χ0) is 17.6. The van der Waals surface area contributed by atoms with Crippen molar-refractivity contribution in [2.24, 2.45) is 0 Å². The fraction of sp³-hybridized carbons (Fsp3) is 0.350. The molecule has 0 aromatic heterocycles. The summed E-state index contributed by atoms with van der Waals surface area (Å²) < 4.78 is 5.44. The number of nitrogens with one attached hydrogen (secondary N) is 1. The second kappa shape index (κ2) is 7.92. The van der Waals surface area contributed by atoms with Crippen molar-refractivity contribution in [3.63, 3.8) is 0 Å². The van der Waals surface area contributed by atoms with Crippen molar-refractivity contribution >= 4 is 23.0 Å². The molecular formula is C20H25N3O2. The summed E-state index contributed by atoms with van der Waals surface area (Å²) in [6.07, 6.45) is 3.69. The molecule has 1 aliphatic heterocycles. The van der Waals surface area contributed by atoms with Gasteiger partial charge in [0.25, 0.3) is 5.91 Å². The molecule has 0 unspecified atom stereocenters. The summed E-state index contributed by atoms with van der Waals surface area (Å²) >= 11 is 0. The maximum atomic E-state index is 12.5. The van der Waals surface area contributed by atoms with Gasteiger partial charge < -0.3 is 20.7 Å². The van der Waals surface area contributed by atoms with E-state index in [-0.39, 0.29) is 5.91 Å². The molecule has 1 saturated heterocycles. The largest absolute Gasteiger partial charge is 0.494 e. The molecule has 0 saturated carbocycles. The molecule has 3 rings (SSSR count). The molecule has 0 radical (unpaired) electrons. The molecule has 0 aliphatic carbocycles. The third kappa shape index (κ3) is 4.24. The average molecular weight is 339 g/mol. The Balaban J connectivity index is 1.71. The molecule has 1 amide bonds. The van der Waals surface area contributed by atoms with Crippen LogP contribution in [0.15, 0.2) is 42.5 Å². The van der Waals surface area contributed by atoms with Crippen molar-refractivity contribution in [3.05, 3.63) is 48.0 Å². The summed E-state index contributed by atoms with van der Waals surface area (Å²) in [6, 6.07) is 12.9. The van der Waals surface area contributed by atoms with Crippen LogP contribution < -0.4 is 20.7 Å². The van der Waals surface area contributed by atoms with E-state index in [1.807, 2.05) is 37.3 Å². The topological polar surface area (TPSA) is 67.6 Å². The number of hydrogen-bond acceptors (Lipinski definition) is 4. The van der Waals surface area contributed by atoms with Crippen molar-refractivity contribution in [2.45, 2.75) is 26.2 Å². The quantitative estimate of drug-likeness (QED) is 0.811. The number of nitrogens with two attached hydrogens (primary N) is 1. The van der Waals surface area contributed by atoms with Crippen molar-refractivity contribution in [1.29, 1.82) is 0 Å². The maximum Gasteiger partial charge on any atom is 0.255 e. The Morgan fingerprint density at radius 2 is 1.96 bits per heavy atom. The van der Waals surface area contributed by atoms with Gasteiger partial charge in [0.2, 0.25) is 0 Å². The van der Waals surface area contributed by atoms with Gasteiger partial charge in [0, 0.05) is 24.3 Å². The highest BCUT2D eigenvalue weighted by Crippen LogP contribution is 2.29. The molecular weight excluding hydrogens is 314 g/mol. The summed E-state index contributed by atoms with van der Waals surface area (Å²) in [4.78, 5) is 14.8. The minimum absolute atomic E-state index is 0.174. The van der Waals surface area contributed by atoms with Crippen LogP contribution in [0.1, 0.15) is 36.5 Å². The minimum Gasteiger partial charge on any atom is -0.494 e. The smallest absolute Gasteiger partial charge is 0.255 e. The number of anilines is 3.